The number of methoxy groups -OCH3 is 1. The third kappa shape index (κ3) is 1.08. The van der Waals surface area contributed by atoms with Crippen molar-refractivity contribution in [2.45, 2.75) is 0 Å². The first-order valence-electron chi connectivity index (χ1n) is 3.84. The van der Waals surface area contributed by atoms with Crippen LogP contribution in [0.3, 0.4) is 0 Å². The fourth-order valence-corrected chi connectivity index (χ4v) is 1.18. The molecule has 0 atom stereocenters. The summed E-state index contributed by atoms with van der Waals surface area (Å²) in [4.78, 5) is 14.7. The molecule has 2 aromatic heterocycles. The van der Waals surface area contributed by atoms with E-state index in [1.54, 1.807) is 6.07 Å². The van der Waals surface area contributed by atoms with Crippen LogP contribution >= 0.6 is 0 Å². The van der Waals surface area contributed by atoms with Gasteiger partial charge in [-0.05, 0) is 0 Å². The Morgan fingerprint density at radius 1 is 1.64 bits per heavy atom. The Hall–Kier alpha value is -2.11. The molecule has 0 aliphatic rings. The molecule has 0 aromatic carbocycles. The molecule has 72 valence electrons. The molecule has 0 spiro atoms. The van der Waals surface area contributed by atoms with Gasteiger partial charge in [-0.1, -0.05) is 0 Å². The Morgan fingerprint density at radius 3 is 3.07 bits per heavy atom. The van der Waals surface area contributed by atoms with Gasteiger partial charge in [0, 0.05) is 12.3 Å². The summed E-state index contributed by atoms with van der Waals surface area (Å²) in [5.74, 6) is -0.608. The van der Waals surface area contributed by atoms with Crippen molar-refractivity contribution in [1.82, 2.24) is 14.6 Å². The minimum Gasteiger partial charge on any atom is -0.481 e. The van der Waals surface area contributed by atoms with Crippen molar-refractivity contribution in [2.75, 3.05) is 7.11 Å². The van der Waals surface area contributed by atoms with Gasteiger partial charge < -0.3 is 9.84 Å². The minimum atomic E-state index is -1.05. The first-order valence-corrected chi connectivity index (χ1v) is 3.84. The summed E-state index contributed by atoms with van der Waals surface area (Å²) < 4.78 is 6.32. The first-order chi connectivity index (χ1) is 6.74. The number of ether oxygens (including phenoxy) is 1. The van der Waals surface area contributed by atoms with Crippen molar-refractivity contribution >= 4 is 11.6 Å². The summed E-state index contributed by atoms with van der Waals surface area (Å²) >= 11 is 0. The van der Waals surface area contributed by atoms with E-state index in [9.17, 15) is 4.79 Å². The lowest BCUT2D eigenvalue weighted by molar-refractivity contribution is 0.0699. The number of carboxylic acids is 1. The molecule has 0 saturated heterocycles. The zero-order valence-corrected chi connectivity index (χ0v) is 7.34. The van der Waals surface area contributed by atoms with Crippen molar-refractivity contribution in [2.24, 2.45) is 0 Å². The molecular formula is C8H7N3O3. The second kappa shape index (κ2) is 2.99. The van der Waals surface area contributed by atoms with Crippen LogP contribution in [-0.4, -0.2) is 32.8 Å². The highest BCUT2D eigenvalue weighted by molar-refractivity contribution is 5.94. The van der Waals surface area contributed by atoms with E-state index in [0.29, 0.717) is 5.88 Å². The minimum absolute atomic E-state index is 0.0592. The number of fused-ring (bicyclic) bond motifs is 1. The SMILES string of the molecule is COc1ccnc2c(C(=O)O)cnn12. The lowest BCUT2D eigenvalue weighted by Crippen LogP contribution is -1.99. The highest BCUT2D eigenvalue weighted by Gasteiger charge is 2.13. The maximum atomic E-state index is 10.7. The van der Waals surface area contributed by atoms with Gasteiger partial charge in [-0.15, -0.1) is 0 Å². The maximum absolute atomic E-state index is 10.7. The van der Waals surface area contributed by atoms with E-state index in [1.165, 1.54) is 24.0 Å². The van der Waals surface area contributed by atoms with Gasteiger partial charge in [0.05, 0.1) is 13.3 Å². The number of hydrogen-bond donors (Lipinski definition) is 1. The van der Waals surface area contributed by atoms with Crippen molar-refractivity contribution in [3.8, 4) is 5.88 Å². The van der Waals surface area contributed by atoms with E-state index < -0.39 is 5.97 Å². The van der Waals surface area contributed by atoms with Crippen LogP contribution in [0.15, 0.2) is 18.5 Å². The van der Waals surface area contributed by atoms with Crippen LogP contribution in [0.5, 0.6) is 5.88 Å². The number of rotatable bonds is 2. The van der Waals surface area contributed by atoms with E-state index in [2.05, 4.69) is 10.1 Å². The molecule has 0 aliphatic heterocycles. The largest absolute Gasteiger partial charge is 0.481 e. The van der Waals surface area contributed by atoms with Crippen molar-refractivity contribution in [3.63, 3.8) is 0 Å². The van der Waals surface area contributed by atoms with Crippen molar-refractivity contribution in [1.29, 1.82) is 0 Å². The molecule has 14 heavy (non-hydrogen) atoms. The Labute approximate surface area is 78.8 Å². The average molecular weight is 193 g/mol. The number of nitrogens with zero attached hydrogens (tertiary/aromatic N) is 3. The van der Waals surface area contributed by atoms with Gasteiger partial charge in [0.15, 0.2) is 5.65 Å². The highest BCUT2D eigenvalue weighted by Crippen LogP contribution is 2.14. The van der Waals surface area contributed by atoms with E-state index >= 15 is 0 Å². The average Bonchev–Trinajstić information content (AvgIpc) is 2.60. The van der Waals surface area contributed by atoms with Crippen LogP contribution in [0.4, 0.5) is 0 Å². The molecule has 0 radical (unpaired) electrons. The molecule has 1 N–H and O–H groups in total. The normalized spacial score (nSPS) is 10.4. The lowest BCUT2D eigenvalue weighted by atomic mass is 10.3. The van der Waals surface area contributed by atoms with E-state index in [0.717, 1.165) is 0 Å². The standard InChI is InChI=1S/C8H7N3O3/c1-14-6-2-3-9-7-5(8(12)13)4-10-11(6)7/h2-4H,1H3,(H,12,13). The summed E-state index contributed by atoms with van der Waals surface area (Å²) in [6.45, 7) is 0. The topological polar surface area (TPSA) is 76.7 Å². The van der Waals surface area contributed by atoms with Crippen LogP contribution in [0.1, 0.15) is 10.4 Å². The van der Waals surface area contributed by atoms with Gasteiger partial charge in [0.25, 0.3) is 0 Å². The molecular weight excluding hydrogens is 186 g/mol. The molecule has 6 heteroatoms. The van der Waals surface area contributed by atoms with Crippen LogP contribution < -0.4 is 4.74 Å². The number of carboxylic acid groups (broad SMARTS) is 1. The van der Waals surface area contributed by atoms with Gasteiger partial charge in [-0.3, -0.25) is 0 Å². The smallest absolute Gasteiger partial charge is 0.341 e. The van der Waals surface area contributed by atoms with Crippen LogP contribution in [0.25, 0.3) is 5.65 Å². The van der Waals surface area contributed by atoms with Gasteiger partial charge >= 0.3 is 5.97 Å². The second-order valence-electron chi connectivity index (χ2n) is 2.59. The second-order valence-corrected chi connectivity index (χ2v) is 2.59. The molecule has 6 nitrogen and oxygen atoms in total. The van der Waals surface area contributed by atoms with Crippen LogP contribution in [-0.2, 0) is 0 Å². The number of aromatic nitrogens is 3. The number of aromatic carboxylic acids is 1. The number of hydrogen-bond acceptors (Lipinski definition) is 4. The van der Waals surface area contributed by atoms with E-state index in [-0.39, 0.29) is 11.2 Å². The third-order valence-electron chi connectivity index (χ3n) is 1.81. The highest BCUT2D eigenvalue weighted by atomic mass is 16.5. The van der Waals surface area contributed by atoms with Crippen LogP contribution in [0, 0.1) is 0 Å². The van der Waals surface area contributed by atoms with Gasteiger partial charge in [-0.2, -0.15) is 9.61 Å². The van der Waals surface area contributed by atoms with Gasteiger partial charge in [0.2, 0.25) is 5.88 Å². The Balaban J connectivity index is 2.75. The Kier molecular flexibility index (Phi) is 1.81. The molecule has 0 bridgehead atoms. The summed E-state index contributed by atoms with van der Waals surface area (Å²) in [5.41, 5.74) is 0.334. The summed E-state index contributed by atoms with van der Waals surface area (Å²) in [7, 11) is 1.48. The molecule has 0 aliphatic carbocycles. The molecule has 2 heterocycles. The Morgan fingerprint density at radius 2 is 2.43 bits per heavy atom. The number of carbonyl (C=O) groups is 1. The Bertz CT molecular complexity index is 492. The predicted molar refractivity (Wildman–Crippen MR) is 46.5 cm³/mol. The predicted octanol–water partition coefficient (Wildman–Crippen LogP) is 0.436. The van der Waals surface area contributed by atoms with E-state index in [4.69, 9.17) is 9.84 Å². The molecule has 2 aromatic rings. The molecule has 2 rings (SSSR count). The lowest BCUT2D eigenvalue weighted by Gasteiger charge is -2.00. The van der Waals surface area contributed by atoms with Crippen LogP contribution in [0.2, 0.25) is 0 Å². The third-order valence-corrected chi connectivity index (χ3v) is 1.81. The van der Waals surface area contributed by atoms with Gasteiger partial charge in [0.1, 0.15) is 5.56 Å². The summed E-state index contributed by atoms with van der Waals surface area (Å²) in [6, 6.07) is 1.60. The fraction of sp³-hybridized carbons (Fsp3) is 0.125. The summed E-state index contributed by atoms with van der Waals surface area (Å²) in [5, 5.41) is 12.7. The monoisotopic (exact) mass is 193 g/mol. The van der Waals surface area contributed by atoms with Crippen molar-refractivity contribution in [3.05, 3.63) is 24.0 Å². The first kappa shape index (κ1) is 8.49. The maximum Gasteiger partial charge on any atom is 0.341 e. The molecule has 0 amide bonds. The summed E-state index contributed by atoms with van der Waals surface area (Å²) in [6.07, 6.45) is 2.72. The zero-order valence-electron chi connectivity index (χ0n) is 7.34. The zero-order chi connectivity index (χ0) is 10.1. The molecule has 0 fully saturated rings. The van der Waals surface area contributed by atoms with Crippen molar-refractivity contribution < 1.29 is 14.6 Å². The van der Waals surface area contributed by atoms with Gasteiger partial charge in [-0.25, -0.2) is 9.78 Å². The fourth-order valence-electron chi connectivity index (χ4n) is 1.18. The quantitative estimate of drug-likeness (QED) is 0.748. The van der Waals surface area contributed by atoms with E-state index in [1.807, 2.05) is 0 Å². The molecule has 0 saturated carbocycles. The molecule has 0 unspecified atom stereocenters.